The molecule has 0 aliphatic carbocycles. The molecule has 0 spiro atoms. The molecule has 1 nitrogen and oxygen atoms in total. The third-order valence-electron chi connectivity index (χ3n) is 1.12. The van der Waals surface area contributed by atoms with Gasteiger partial charge in [0.2, 0.25) is 0 Å². The number of nitrogens with two attached hydrogens (primary N) is 1. The van der Waals surface area contributed by atoms with Crippen LogP contribution in [-0.4, -0.2) is 0 Å². The van der Waals surface area contributed by atoms with Gasteiger partial charge >= 0.3 is 0 Å². The van der Waals surface area contributed by atoms with Crippen molar-refractivity contribution in [1.82, 2.24) is 0 Å². The fourth-order valence-electron chi connectivity index (χ4n) is 0.569. The molecule has 0 amide bonds. The minimum Gasteiger partial charge on any atom is -0.396 e. The summed E-state index contributed by atoms with van der Waals surface area (Å²) >= 11 is 2.96. The lowest BCUT2D eigenvalue weighted by atomic mass is 10.2. The summed E-state index contributed by atoms with van der Waals surface area (Å²) in [6.07, 6.45) is 0. The Balaban J connectivity index is 3.43. The zero-order valence-corrected chi connectivity index (χ0v) is 6.57. The third-order valence-corrected chi connectivity index (χ3v) is 1.78. The van der Waals surface area contributed by atoms with E-state index in [4.69, 9.17) is 9.85 Å². The third kappa shape index (κ3) is 1.14. The average Bonchev–Trinajstić information content (AvgIpc) is 1.95. The number of hydrogen-bond acceptors (Lipinski definition) is 1. The molecule has 0 aliphatic heterocycles. The van der Waals surface area contributed by atoms with E-state index in [0.717, 1.165) is 0 Å². The van der Waals surface area contributed by atoms with Gasteiger partial charge in [-0.25, -0.2) is 4.39 Å². The molecular formula is C7H7BrFN. The molecule has 1 aromatic rings. The summed E-state index contributed by atoms with van der Waals surface area (Å²) in [5.74, 6) is -0.880. The van der Waals surface area contributed by atoms with Crippen molar-refractivity contribution < 1.29 is 8.50 Å². The number of benzene rings is 1. The fourth-order valence-corrected chi connectivity index (χ4v) is 0.875. The van der Waals surface area contributed by atoms with Crippen molar-refractivity contribution in [2.75, 3.05) is 5.73 Å². The topological polar surface area (TPSA) is 26.0 Å². The van der Waals surface area contributed by atoms with Gasteiger partial charge in [-0.2, -0.15) is 0 Å². The van der Waals surface area contributed by atoms with Crippen LogP contribution in [0.1, 0.15) is 9.68 Å². The molecule has 0 heterocycles. The molecule has 0 radical (unpaired) electrons. The van der Waals surface area contributed by atoms with Crippen LogP contribution in [0.2, 0.25) is 0 Å². The van der Waals surface area contributed by atoms with E-state index in [1.165, 1.54) is 12.1 Å². The minimum absolute atomic E-state index is 0.158. The van der Waals surface area contributed by atoms with Crippen LogP contribution >= 0.6 is 15.9 Å². The van der Waals surface area contributed by atoms with Gasteiger partial charge in [0.1, 0.15) is 5.82 Å². The molecule has 0 bridgehead atoms. The van der Waals surface area contributed by atoms with Crippen LogP contribution in [0.3, 0.4) is 0 Å². The van der Waals surface area contributed by atoms with Crippen molar-refractivity contribution in [2.45, 2.75) is 6.85 Å². The Kier molecular flexibility index (Phi) is 1.12. The zero-order chi connectivity index (χ0) is 10.2. The normalized spacial score (nSPS) is 15.6. The van der Waals surface area contributed by atoms with E-state index in [-0.39, 0.29) is 15.7 Å². The van der Waals surface area contributed by atoms with Gasteiger partial charge in [0.25, 0.3) is 0 Å². The number of nitrogen functional groups attached to an aromatic ring is 1. The lowest BCUT2D eigenvalue weighted by Crippen LogP contribution is -1.93. The van der Waals surface area contributed by atoms with Crippen molar-refractivity contribution in [2.24, 2.45) is 0 Å². The predicted octanol–water partition coefficient (Wildman–Crippen LogP) is 2.48. The van der Waals surface area contributed by atoms with E-state index in [2.05, 4.69) is 15.9 Å². The Labute approximate surface area is 71.4 Å². The standard InChI is InChI=1S/C7H7BrFN/c1-4-5(8)2-3-6(10)7(4)9/h2-3H,10H2,1H3/i1D3. The first kappa shape index (κ1) is 4.34. The quantitative estimate of drug-likeness (QED) is 0.649. The Hall–Kier alpha value is -0.570. The SMILES string of the molecule is [2H]C([2H])([2H])c1c(Br)ccc(N)c1F. The molecule has 2 N–H and O–H groups in total. The first-order valence-electron chi connectivity index (χ1n) is 4.08. The van der Waals surface area contributed by atoms with Crippen molar-refractivity contribution in [3.8, 4) is 0 Å². The van der Waals surface area contributed by atoms with Gasteiger partial charge in [0.15, 0.2) is 0 Å². The fraction of sp³-hybridized carbons (Fsp3) is 0.143. The van der Waals surface area contributed by atoms with E-state index >= 15 is 0 Å². The molecule has 0 atom stereocenters. The van der Waals surface area contributed by atoms with Crippen LogP contribution in [0.4, 0.5) is 10.1 Å². The van der Waals surface area contributed by atoms with Gasteiger partial charge in [-0.05, 0) is 19.0 Å². The molecule has 0 saturated carbocycles. The first-order chi connectivity index (χ1) is 5.84. The second kappa shape index (κ2) is 2.58. The van der Waals surface area contributed by atoms with E-state index in [1.54, 1.807) is 0 Å². The molecule has 0 aliphatic rings. The Morgan fingerprint density at radius 1 is 1.70 bits per heavy atom. The number of halogens is 2. The minimum atomic E-state index is -2.49. The summed E-state index contributed by atoms with van der Waals surface area (Å²) in [6.45, 7) is -2.49. The first-order valence-corrected chi connectivity index (χ1v) is 3.37. The summed E-state index contributed by atoms with van der Waals surface area (Å²) in [4.78, 5) is 0. The Morgan fingerprint density at radius 2 is 2.40 bits per heavy atom. The van der Waals surface area contributed by atoms with E-state index in [0.29, 0.717) is 0 Å². The average molecular weight is 207 g/mol. The molecule has 0 aromatic heterocycles. The van der Waals surface area contributed by atoms with Gasteiger partial charge in [-0.15, -0.1) is 0 Å². The molecule has 0 fully saturated rings. The van der Waals surface area contributed by atoms with Crippen LogP contribution < -0.4 is 5.73 Å². The van der Waals surface area contributed by atoms with Gasteiger partial charge < -0.3 is 5.73 Å². The Morgan fingerprint density at radius 3 is 2.90 bits per heavy atom. The van der Waals surface area contributed by atoms with Gasteiger partial charge in [0, 0.05) is 14.1 Å². The van der Waals surface area contributed by atoms with Crippen molar-refractivity contribution >= 4 is 21.6 Å². The number of hydrogen-bond donors (Lipinski definition) is 1. The molecule has 0 saturated heterocycles. The van der Waals surface area contributed by atoms with Crippen LogP contribution in [-0.2, 0) is 0 Å². The van der Waals surface area contributed by atoms with E-state index in [9.17, 15) is 4.39 Å². The second-order valence-electron chi connectivity index (χ2n) is 1.83. The summed E-state index contributed by atoms with van der Waals surface area (Å²) in [5, 5.41) is 0. The van der Waals surface area contributed by atoms with Gasteiger partial charge in [-0.1, -0.05) is 15.9 Å². The zero-order valence-electron chi connectivity index (χ0n) is 7.99. The smallest absolute Gasteiger partial charge is 0.150 e. The van der Waals surface area contributed by atoms with Crippen molar-refractivity contribution in [1.29, 1.82) is 0 Å². The van der Waals surface area contributed by atoms with E-state index < -0.39 is 12.7 Å². The monoisotopic (exact) mass is 206 g/mol. The molecule has 54 valence electrons. The maximum Gasteiger partial charge on any atom is 0.150 e. The predicted molar refractivity (Wildman–Crippen MR) is 43.2 cm³/mol. The van der Waals surface area contributed by atoms with Gasteiger partial charge in [-0.3, -0.25) is 0 Å². The van der Waals surface area contributed by atoms with E-state index in [1.807, 2.05) is 0 Å². The van der Waals surface area contributed by atoms with Crippen molar-refractivity contribution in [3.63, 3.8) is 0 Å². The van der Waals surface area contributed by atoms with Crippen LogP contribution in [0.5, 0.6) is 0 Å². The largest absolute Gasteiger partial charge is 0.396 e. The molecule has 0 unspecified atom stereocenters. The highest BCUT2D eigenvalue weighted by Gasteiger charge is 2.03. The van der Waals surface area contributed by atoms with Gasteiger partial charge in [0.05, 0.1) is 5.69 Å². The maximum atomic E-state index is 13.2. The lowest BCUT2D eigenvalue weighted by molar-refractivity contribution is 0.622. The summed E-state index contributed by atoms with van der Waals surface area (Å²) in [5.41, 5.74) is 4.71. The summed E-state index contributed by atoms with van der Waals surface area (Å²) < 4.78 is 34.6. The molecule has 1 rings (SSSR count). The second-order valence-corrected chi connectivity index (χ2v) is 2.68. The molecule has 10 heavy (non-hydrogen) atoms. The molecular weight excluding hydrogens is 197 g/mol. The summed E-state index contributed by atoms with van der Waals surface area (Å²) in [7, 11) is 0. The van der Waals surface area contributed by atoms with Crippen molar-refractivity contribution in [3.05, 3.63) is 28.0 Å². The maximum absolute atomic E-state index is 13.2. The molecule has 1 aromatic carbocycles. The van der Waals surface area contributed by atoms with Crippen LogP contribution in [0, 0.1) is 12.7 Å². The van der Waals surface area contributed by atoms with Crippen LogP contribution in [0.15, 0.2) is 16.6 Å². The van der Waals surface area contributed by atoms with Crippen LogP contribution in [0.25, 0.3) is 0 Å². The Bertz CT molecular complexity index is 337. The number of anilines is 1. The highest BCUT2D eigenvalue weighted by Crippen LogP contribution is 2.22. The summed E-state index contributed by atoms with van der Waals surface area (Å²) in [6, 6.07) is 2.73. The highest BCUT2D eigenvalue weighted by atomic mass is 79.9. The highest BCUT2D eigenvalue weighted by molar-refractivity contribution is 9.10. The number of rotatable bonds is 0. The lowest BCUT2D eigenvalue weighted by Gasteiger charge is -2.01. The molecule has 3 heteroatoms.